The first-order chi connectivity index (χ1) is 8.29. The highest BCUT2D eigenvalue weighted by Gasteiger charge is 2.33. The largest absolute Gasteiger partial charge is 0.311 e. The summed E-state index contributed by atoms with van der Waals surface area (Å²) in [4.78, 5) is 12.1. The maximum atomic E-state index is 12.1. The fourth-order valence-corrected chi connectivity index (χ4v) is 3.24. The van der Waals surface area contributed by atoms with Crippen LogP contribution in [0.15, 0.2) is 0 Å². The van der Waals surface area contributed by atoms with Crippen molar-refractivity contribution in [2.45, 2.75) is 69.9 Å². The molecule has 0 saturated carbocycles. The molecule has 2 fully saturated rings. The van der Waals surface area contributed by atoms with Gasteiger partial charge in [0.25, 0.3) is 0 Å². The molecule has 2 rings (SSSR count). The normalized spacial score (nSPS) is 31.8. The predicted molar refractivity (Wildman–Crippen MR) is 66.4 cm³/mol. The average Bonchev–Trinajstić information content (AvgIpc) is 2.34. The van der Waals surface area contributed by atoms with Crippen molar-refractivity contribution in [2.75, 3.05) is 0 Å². The fourth-order valence-electron chi connectivity index (χ4n) is 3.24. The van der Waals surface area contributed by atoms with Gasteiger partial charge in [0.05, 0.1) is 6.07 Å². The van der Waals surface area contributed by atoms with Crippen LogP contribution in [-0.2, 0) is 4.79 Å². The highest BCUT2D eigenvalue weighted by atomic mass is 16.1. The SMILES string of the molecule is N#CCCCCC(=O)C1CC2CCCC(C1)N2. The van der Waals surface area contributed by atoms with Gasteiger partial charge in [-0.2, -0.15) is 5.26 Å². The lowest BCUT2D eigenvalue weighted by molar-refractivity contribution is -0.124. The van der Waals surface area contributed by atoms with Crippen molar-refractivity contribution in [3.63, 3.8) is 0 Å². The number of unbranched alkanes of at least 4 members (excludes halogenated alkanes) is 2. The molecular weight excluding hydrogens is 212 g/mol. The monoisotopic (exact) mass is 234 g/mol. The molecule has 0 aromatic rings. The van der Waals surface area contributed by atoms with Gasteiger partial charge in [-0.15, -0.1) is 0 Å². The van der Waals surface area contributed by atoms with Crippen LogP contribution in [0, 0.1) is 17.2 Å². The maximum Gasteiger partial charge on any atom is 0.136 e. The molecule has 0 aromatic carbocycles. The fraction of sp³-hybridized carbons (Fsp3) is 0.857. The van der Waals surface area contributed by atoms with E-state index in [9.17, 15) is 4.79 Å². The summed E-state index contributed by atoms with van der Waals surface area (Å²) < 4.78 is 0. The standard InChI is InChI=1S/C14H22N2O/c15-8-3-1-2-7-14(17)11-9-12-5-4-6-13(10-11)16-12/h11-13,16H,1-7,9-10H2. The van der Waals surface area contributed by atoms with E-state index >= 15 is 0 Å². The third-order valence-corrected chi connectivity index (χ3v) is 4.13. The molecular formula is C14H22N2O. The molecule has 3 heteroatoms. The summed E-state index contributed by atoms with van der Waals surface area (Å²) in [6.07, 6.45) is 8.96. The first kappa shape index (κ1) is 12.6. The van der Waals surface area contributed by atoms with Crippen LogP contribution >= 0.6 is 0 Å². The van der Waals surface area contributed by atoms with E-state index < -0.39 is 0 Å². The number of rotatable bonds is 5. The van der Waals surface area contributed by atoms with Gasteiger partial charge in [0.1, 0.15) is 5.78 Å². The summed E-state index contributed by atoms with van der Waals surface area (Å²) in [5.41, 5.74) is 0. The van der Waals surface area contributed by atoms with Crippen LogP contribution in [0.1, 0.15) is 57.8 Å². The Kier molecular flexibility index (Phi) is 4.56. The molecule has 3 nitrogen and oxygen atoms in total. The second-order valence-electron chi connectivity index (χ2n) is 5.49. The minimum Gasteiger partial charge on any atom is -0.311 e. The summed E-state index contributed by atoms with van der Waals surface area (Å²) in [6.45, 7) is 0. The second-order valence-corrected chi connectivity index (χ2v) is 5.49. The van der Waals surface area contributed by atoms with Crippen LogP contribution in [0.2, 0.25) is 0 Å². The molecule has 94 valence electrons. The quantitative estimate of drug-likeness (QED) is 0.744. The van der Waals surface area contributed by atoms with Crippen molar-refractivity contribution >= 4 is 5.78 Å². The topological polar surface area (TPSA) is 52.9 Å². The molecule has 2 aliphatic rings. The smallest absolute Gasteiger partial charge is 0.136 e. The zero-order chi connectivity index (χ0) is 12.1. The number of nitriles is 1. The maximum absolute atomic E-state index is 12.1. The Bertz CT molecular complexity index is 296. The van der Waals surface area contributed by atoms with Crippen molar-refractivity contribution in [1.29, 1.82) is 5.26 Å². The minimum absolute atomic E-state index is 0.300. The highest BCUT2D eigenvalue weighted by molar-refractivity contribution is 5.81. The van der Waals surface area contributed by atoms with E-state index in [2.05, 4.69) is 11.4 Å². The Morgan fingerprint density at radius 2 is 1.94 bits per heavy atom. The van der Waals surface area contributed by atoms with E-state index in [1.165, 1.54) is 19.3 Å². The number of hydrogen-bond donors (Lipinski definition) is 1. The lowest BCUT2D eigenvalue weighted by atomic mass is 9.77. The van der Waals surface area contributed by atoms with Gasteiger partial charge in [-0.25, -0.2) is 0 Å². The van der Waals surface area contributed by atoms with Crippen molar-refractivity contribution in [3.05, 3.63) is 0 Å². The lowest BCUT2D eigenvalue weighted by Gasteiger charge is -2.39. The molecule has 17 heavy (non-hydrogen) atoms. The summed E-state index contributed by atoms with van der Waals surface area (Å²) >= 11 is 0. The Balaban J connectivity index is 1.74. The third-order valence-electron chi connectivity index (χ3n) is 4.13. The Labute approximate surface area is 104 Å². The third kappa shape index (κ3) is 3.54. The van der Waals surface area contributed by atoms with E-state index in [-0.39, 0.29) is 0 Å². The van der Waals surface area contributed by atoms with Crippen LogP contribution < -0.4 is 5.32 Å². The van der Waals surface area contributed by atoms with Crippen molar-refractivity contribution < 1.29 is 4.79 Å². The van der Waals surface area contributed by atoms with Gasteiger partial charge < -0.3 is 5.32 Å². The van der Waals surface area contributed by atoms with Crippen LogP contribution in [0.5, 0.6) is 0 Å². The number of carbonyl (C=O) groups excluding carboxylic acids is 1. The zero-order valence-corrected chi connectivity index (χ0v) is 10.5. The van der Waals surface area contributed by atoms with Gasteiger partial charge in [0.15, 0.2) is 0 Å². The van der Waals surface area contributed by atoms with Gasteiger partial charge >= 0.3 is 0 Å². The van der Waals surface area contributed by atoms with E-state index in [1.807, 2.05) is 0 Å². The van der Waals surface area contributed by atoms with Crippen molar-refractivity contribution in [2.24, 2.45) is 5.92 Å². The summed E-state index contributed by atoms with van der Waals surface area (Å²) in [7, 11) is 0. The summed E-state index contributed by atoms with van der Waals surface area (Å²) in [5.74, 6) is 0.745. The van der Waals surface area contributed by atoms with E-state index in [1.54, 1.807) is 0 Å². The van der Waals surface area contributed by atoms with Gasteiger partial charge in [-0.3, -0.25) is 4.79 Å². The van der Waals surface area contributed by atoms with E-state index in [0.717, 1.165) is 25.7 Å². The van der Waals surface area contributed by atoms with Gasteiger partial charge in [0.2, 0.25) is 0 Å². The number of fused-ring (bicyclic) bond motifs is 2. The molecule has 2 unspecified atom stereocenters. The Morgan fingerprint density at radius 1 is 1.24 bits per heavy atom. The number of ketones is 1. The van der Waals surface area contributed by atoms with Crippen LogP contribution in [0.25, 0.3) is 0 Å². The van der Waals surface area contributed by atoms with Gasteiger partial charge in [0, 0.05) is 30.8 Å². The van der Waals surface area contributed by atoms with Crippen molar-refractivity contribution in [3.8, 4) is 6.07 Å². The predicted octanol–water partition coefficient (Wildman–Crippen LogP) is 2.56. The number of nitrogens with zero attached hydrogens (tertiary/aromatic N) is 1. The number of piperidine rings is 2. The number of carbonyl (C=O) groups is 1. The first-order valence-corrected chi connectivity index (χ1v) is 6.95. The van der Waals surface area contributed by atoms with E-state index in [4.69, 9.17) is 5.26 Å². The number of nitrogens with one attached hydrogen (secondary N) is 1. The van der Waals surface area contributed by atoms with Gasteiger partial charge in [-0.05, 0) is 38.5 Å². The summed E-state index contributed by atoms with van der Waals surface area (Å²) in [5, 5.41) is 12.1. The lowest BCUT2D eigenvalue weighted by Crippen LogP contribution is -2.50. The molecule has 2 saturated heterocycles. The van der Waals surface area contributed by atoms with E-state index in [0.29, 0.717) is 36.6 Å². The zero-order valence-electron chi connectivity index (χ0n) is 10.5. The highest BCUT2D eigenvalue weighted by Crippen LogP contribution is 2.31. The molecule has 0 aliphatic carbocycles. The van der Waals surface area contributed by atoms with Crippen LogP contribution in [0.3, 0.4) is 0 Å². The first-order valence-electron chi connectivity index (χ1n) is 6.95. The Hall–Kier alpha value is -0.880. The van der Waals surface area contributed by atoms with Crippen LogP contribution in [-0.4, -0.2) is 17.9 Å². The molecule has 0 spiro atoms. The summed E-state index contributed by atoms with van der Waals surface area (Å²) in [6, 6.07) is 3.32. The Morgan fingerprint density at radius 3 is 2.59 bits per heavy atom. The molecule has 2 atom stereocenters. The molecule has 2 bridgehead atoms. The molecule has 0 amide bonds. The molecule has 2 heterocycles. The molecule has 1 N–H and O–H groups in total. The molecule has 0 radical (unpaired) electrons. The number of hydrogen-bond acceptors (Lipinski definition) is 3. The molecule has 2 aliphatic heterocycles. The number of Topliss-reactive ketones (excluding diaryl/α,β-unsaturated/α-hetero) is 1. The van der Waals surface area contributed by atoms with Crippen molar-refractivity contribution in [1.82, 2.24) is 5.32 Å². The second kappa shape index (κ2) is 6.16. The van der Waals surface area contributed by atoms with Gasteiger partial charge in [-0.1, -0.05) is 6.42 Å². The average molecular weight is 234 g/mol. The van der Waals surface area contributed by atoms with Crippen LogP contribution in [0.4, 0.5) is 0 Å². The minimum atomic E-state index is 0.300. The molecule has 0 aromatic heterocycles.